The van der Waals surface area contributed by atoms with Crippen molar-refractivity contribution in [3.05, 3.63) is 52.9 Å². The molecule has 3 aromatic rings. The molecule has 3 rings (SSSR count). The molecule has 1 aromatic carbocycles. The van der Waals surface area contributed by atoms with Crippen molar-refractivity contribution in [1.29, 1.82) is 0 Å². The lowest BCUT2D eigenvalue weighted by Gasteiger charge is -2.02. The first kappa shape index (κ1) is 14.9. The van der Waals surface area contributed by atoms with Crippen LogP contribution in [0.25, 0.3) is 10.7 Å². The van der Waals surface area contributed by atoms with E-state index in [9.17, 15) is 9.59 Å². The third-order valence-electron chi connectivity index (χ3n) is 3.03. The molecule has 2 aromatic heterocycles. The number of aromatic nitrogens is 3. The number of thiophene rings is 1. The second-order valence-electron chi connectivity index (χ2n) is 4.51. The average Bonchev–Trinajstić information content (AvgIpc) is 3.25. The maximum absolute atomic E-state index is 12.1. The summed E-state index contributed by atoms with van der Waals surface area (Å²) in [7, 11) is 1.30. The first-order valence-corrected chi connectivity index (χ1v) is 7.51. The van der Waals surface area contributed by atoms with E-state index in [1.807, 2.05) is 17.5 Å². The van der Waals surface area contributed by atoms with Crippen LogP contribution in [0.1, 0.15) is 20.7 Å². The monoisotopic (exact) mass is 328 g/mol. The molecule has 0 spiro atoms. The molecule has 0 bridgehead atoms. The smallest absolute Gasteiger partial charge is 0.337 e. The van der Waals surface area contributed by atoms with Crippen molar-refractivity contribution in [2.45, 2.75) is 0 Å². The SMILES string of the molecule is COC(=O)c1ccc(C(=O)Nc2n[nH]c(-c3cccs3)n2)cc1. The van der Waals surface area contributed by atoms with Crippen molar-refractivity contribution in [2.75, 3.05) is 12.4 Å². The molecule has 0 aliphatic rings. The number of ether oxygens (including phenoxy) is 1. The topological polar surface area (TPSA) is 97.0 Å². The summed E-state index contributed by atoms with van der Waals surface area (Å²) in [5, 5.41) is 11.3. The molecule has 8 heteroatoms. The summed E-state index contributed by atoms with van der Waals surface area (Å²) in [6.07, 6.45) is 0. The highest BCUT2D eigenvalue weighted by molar-refractivity contribution is 7.13. The van der Waals surface area contributed by atoms with Gasteiger partial charge in [0.2, 0.25) is 5.95 Å². The number of nitrogens with one attached hydrogen (secondary N) is 2. The molecule has 7 nitrogen and oxygen atoms in total. The molecule has 0 saturated carbocycles. The highest BCUT2D eigenvalue weighted by Gasteiger charge is 2.12. The Bertz CT molecular complexity index is 825. The number of rotatable bonds is 4. The van der Waals surface area contributed by atoms with Gasteiger partial charge >= 0.3 is 5.97 Å². The van der Waals surface area contributed by atoms with Crippen LogP contribution in [0.4, 0.5) is 5.95 Å². The first-order chi connectivity index (χ1) is 11.2. The number of nitrogens with zero attached hydrogens (tertiary/aromatic N) is 2. The van der Waals surface area contributed by atoms with Crippen LogP contribution in [0.2, 0.25) is 0 Å². The number of carbonyl (C=O) groups is 2. The van der Waals surface area contributed by atoms with Gasteiger partial charge in [-0.3, -0.25) is 15.2 Å². The number of esters is 1. The Morgan fingerprint density at radius 1 is 1.17 bits per heavy atom. The Labute approximate surface area is 135 Å². The number of amides is 1. The molecular formula is C15H12N4O3S. The van der Waals surface area contributed by atoms with Crippen molar-refractivity contribution < 1.29 is 14.3 Å². The average molecular weight is 328 g/mol. The van der Waals surface area contributed by atoms with Gasteiger partial charge in [-0.05, 0) is 35.7 Å². The Morgan fingerprint density at radius 2 is 1.91 bits per heavy atom. The summed E-state index contributed by atoms with van der Waals surface area (Å²) in [4.78, 5) is 28.6. The molecule has 116 valence electrons. The lowest BCUT2D eigenvalue weighted by molar-refractivity contribution is 0.0600. The van der Waals surface area contributed by atoms with Crippen LogP contribution >= 0.6 is 11.3 Å². The number of hydrogen-bond acceptors (Lipinski definition) is 6. The second kappa shape index (κ2) is 6.41. The molecule has 23 heavy (non-hydrogen) atoms. The fourth-order valence-corrected chi connectivity index (χ4v) is 2.55. The zero-order valence-corrected chi connectivity index (χ0v) is 12.9. The van der Waals surface area contributed by atoms with Crippen LogP contribution in [0.5, 0.6) is 0 Å². The van der Waals surface area contributed by atoms with Gasteiger partial charge in [0.15, 0.2) is 5.82 Å². The summed E-state index contributed by atoms with van der Waals surface area (Å²) in [5.41, 5.74) is 0.766. The second-order valence-corrected chi connectivity index (χ2v) is 5.46. The van der Waals surface area contributed by atoms with Crippen molar-refractivity contribution in [3.8, 4) is 10.7 Å². The molecule has 0 fully saturated rings. The van der Waals surface area contributed by atoms with E-state index in [0.717, 1.165) is 4.88 Å². The lowest BCUT2D eigenvalue weighted by Crippen LogP contribution is -2.13. The number of aromatic amines is 1. The summed E-state index contributed by atoms with van der Waals surface area (Å²) in [5.74, 6) is -0.0311. The van der Waals surface area contributed by atoms with E-state index in [1.165, 1.54) is 42.7 Å². The van der Waals surface area contributed by atoms with Crippen LogP contribution < -0.4 is 5.32 Å². The van der Waals surface area contributed by atoms with E-state index >= 15 is 0 Å². The fraction of sp³-hybridized carbons (Fsp3) is 0.0667. The Kier molecular flexibility index (Phi) is 4.15. The number of methoxy groups -OCH3 is 1. The quantitative estimate of drug-likeness (QED) is 0.717. The summed E-state index contributed by atoms with van der Waals surface area (Å²) in [6.45, 7) is 0. The Hall–Kier alpha value is -3.00. The predicted octanol–water partition coefficient (Wildman–Crippen LogP) is 2.57. The van der Waals surface area contributed by atoms with Gasteiger partial charge in [0, 0.05) is 5.56 Å². The molecule has 2 heterocycles. The van der Waals surface area contributed by atoms with Crippen LogP contribution in [0, 0.1) is 0 Å². The Balaban J connectivity index is 1.71. The molecule has 0 aliphatic carbocycles. The van der Waals surface area contributed by atoms with Gasteiger partial charge in [-0.2, -0.15) is 4.98 Å². The predicted molar refractivity (Wildman–Crippen MR) is 85.4 cm³/mol. The molecule has 0 atom stereocenters. The lowest BCUT2D eigenvalue weighted by atomic mass is 10.1. The van der Waals surface area contributed by atoms with Gasteiger partial charge in [-0.1, -0.05) is 6.07 Å². The first-order valence-electron chi connectivity index (χ1n) is 6.63. The van der Waals surface area contributed by atoms with Crippen LogP contribution in [0.15, 0.2) is 41.8 Å². The minimum atomic E-state index is -0.452. The number of carbonyl (C=O) groups excluding carboxylic acids is 2. The van der Waals surface area contributed by atoms with Gasteiger partial charge in [0.25, 0.3) is 5.91 Å². The maximum Gasteiger partial charge on any atom is 0.337 e. The maximum atomic E-state index is 12.1. The van der Waals surface area contributed by atoms with E-state index in [0.29, 0.717) is 17.0 Å². The van der Waals surface area contributed by atoms with Crippen LogP contribution in [-0.2, 0) is 4.74 Å². The third kappa shape index (κ3) is 3.27. The highest BCUT2D eigenvalue weighted by Crippen LogP contribution is 2.21. The van der Waals surface area contributed by atoms with E-state index in [-0.39, 0.29) is 11.9 Å². The fourth-order valence-electron chi connectivity index (χ4n) is 1.89. The molecule has 1 amide bonds. The van der Waals surface area contributed by atoms with Gasteiger partial charge in [0.1, 0.15) is 0 Å². The van der Waals surface area contributed by atoms with Gasteiger partial charge < -0.3 is 4.74 Å². The molecule has 0 aliphatic heterocycles. The molecule has 0 radical (unpaired) electrons. The molecular weight excluding hydrogens is 316 g/mol. The number of hydrogen-bond donors (Lipinski definition) is 2. The van der Waals surface area contributed by atoms with Gasteiger partial charge in [-0.25, -0.2) is 4.79 Å². The van der Waals surface area contributed by atoms with E-state index in [2.05, 4.69) is 25.2 Å². The van der Waals surface area contributed by atoms with E-state index < -0.39 is 5.97 Å². The Morgan fingerprint density at radius 3 is 2.57 bits per heavy atom. The van der Waals surface area contributed by atoms with Crippen LogP contribution in [0.3, 0.4) is 0 Å². The van der Waals surface area contributed by atoms with Gasteiger partial charge in [0.05, 0.1) is 17.6 Å². The number of anilines is 1. The largest absolute Gasteiger partial charge is 0.465 e. The summed E-state index contributed by atoms with van der Waals surface area (Å²) < 4.78 is 4.61. The zero-order chi connectivity index (χ0) is 16.2. The van der Waals surface area contributed by atoms with E-state index in [4.69, 9.17) is 0 Å². The number of H-pyrrole nitrogens is 1. The zero-order valence-electron chi connectivity index (χ0n) is 12.1. The van der Waals surface area contributed by atoms with Crippen LogP contribution in [-0.4, -0.2) is 34.2 Å². The summed E-state index contributed by atoms with van der Waals surface area (Å²) in [6, 6.07) is 9.93. The normalized spacial score (nSPS) is 10.3. The minimum absolute atomic E-state index is 0.190. The molecule has 0 saturated heterocycles. The molecule has 2 N–H and O–H groups in total. The summed E-state index contributed by atoms with van der Waals surface area (Å²) >= 11 is 1.52. The van der Waals surface area contributed by atoms with Crippen molar-refractivity contribution in [1.82, 2.24) is 15.2 Å². The van der Waals surface area contributed by atoms with Gasteiger partial charge in [-0.15, -0.1) is 16.4 Å². The standard InChI is InChI=1S/C15H12N4O3S/c1-22-14(21)10-6-4-9(5-7-10)13(20)17-15-16-12(18-19-15)11-3-2-8-23-11/h2-8H,1H3,(H2,16,17,18,19,20). The van der Waals surface area contributed by atoms with Crippen molar-refractivity contribution in [2.24, 2.45) is 0 Å². The van der Waals surface area contributed by atoms with Crippen molar-refractivity contribution >= 4 is 29.2 Å². The third-order valence-corrected chi connectivity index (χ3v) is 3.91. The highest BCUT2D eigenvalue weighted by atomic mass is 32.1. The minimum Gasteiger partial charge on any atom is -0.465 e. The number of benzene rings is 1. The molecule has 0 unspecified atom stereocenters. The van der Waals surface area contributed by atoms with E-state index in [1.54, 1.807) is 0 Å². The van der Waals surface area contributed by atoms with Crippen molar-refractivity contribution in [3.63, 3.8) is 0 Å².